The van der Waals surface area contributed by atoms with Gasteiger partial charge in [0.05, 0.1) is 6.04 Å². The third-order valence-electron chi connectivity index (χ3n) is 3.89. The summed E-state index contributed by atoms with van der Waals surface area (Å²) in [6.45, 7) is 2.15. The van der Waals surface area contributed by atoms with E-state index in [1.807, 2.05) is 0 Å². The van der Waals surface area contributed by atoms with E-state index in [4.69, 9.17) is 4.99 Å². The molecule has 1 atom stereocenters. The molecule has 0 spiro atoms. The van der Waals surface area contributed by atoms with E-state index < -0.39 is 0 Å². The molecule has 0 fully saturated rings. The Hall–Kier alpha value is -1.89. The topological polar surface area (TPSA) is 12.4 Å². The summed E-state index contributed by atoms with van der Waals surface area (Å²) in [5, 5.41) is 0. The van der Waals surface area contributed by atoms with Crippen molar-refractivity contribution >= 4 is 5.71 Å². The Kier molecular flexibility index (Phi) is 3.45. The third-order valence-corrected chi connectivity index (χ3v) is 3.89. The lowest BCUT2D eigenvalue weighted by Gasteiger charge is -2.22. The summed E-state index contributed by atoms with van der Waals surface area (Å²) in [6, 6.07) is 21.9. The monoisotopic (exact) mass is 249 g/mol. The molecule has 1 heteroatoms. The predicted octanol–water partition coefficient (Wildman–Crippen LogP) is 4.44. The van der Waals surface area contributed by atoms with Crippen LogP contribution in [0.15, 0.2) is 65.7 Å². The van der Waals surface area contributed by atoms with Crippen molar-refractivity contribution in [2.75, 3.05) is 0 Å². The fraction of sp³-hybridized carbons (Fsp3) is 0.278. The Morgan fingerprint density at radius 2 is 1.42 bits per heavy atom. The lowest BCUT2D eigenvalue weighted by molar-refractivity contribution is 0.594. The van der Waals surface area contributed by atoms with Crippen LogP contribution in [0.5, 0.6) is 0 Å². The molecule has 0 saturated carbocycles. The average Bonchev–Trinajstić information content (AvgIpc) is 2.88. The molecular formula is C18H19N. The second-order valence-corrected chi connectivity index (χ2v) is 5.27. The van der Waals surface area contributed by atoms with Gasteiger partial charge in [-0.25, -0.2) is 0 Å². The van der Waals surface area contributed by atoms with E-state index in [1.54, 1.807) is 0 Å². The van der Waals surface area contributed by atoms with Gasteiger partial charge in [0.15, 0.2) is 0 Å². The first-order chi connectivity index (χ1) is 9.34. The van der Waals surface area contributed by atoms with Crippen LogP contribution in [0.4, 0.5) is 0 Å². The summed E-state index contributed by atoms with van der Waals surface area (Å²) in [5.74, 6) is 0.389. The standard InChI is InChI=1S/C18H19N/c1-14-12-13-17(19-14)18(15-8-4-2-5-9-15)16-10-6-3-7-11-16/h2-11,17-18H,12-13H2,1H3. The Morgan fingerprint density at radius 1 is 0.895 bits per heavy atom. The van der Waals surface area contributed by atoms with Crippen LogP contribution in [0.2, 0.25) is 0 Å². The van der Waals surface area contributed by atoms with Crippen LogP contribution < -0.4 is 0 Å². The minimum atomic E-state index is 0.389. The Balaban J connectivity index is 2.02. The van der Waals surface area contributed by atoms with Gasteiger partial charge in [0.25, 0.3) is 0 Å². The molecule has 3 rings (SSSR count). The molecule has 1 aliphatic rings. The Bertz CT molecular complexity index is 517. The van der Waals surface area contributed by atoms with Crippen molar-refractivity contribution in [3.05, 3.63) is 71.8 Å². The van der Waals surface area contributed by atoms with Crippen LogP contribution in [0.25, 0.3) is 0 Å². The zero-order valence-corrected chi connectivity index (χ0v) is 11.3. The molecule has 0 aliphatic carbocycles. The lowest BCUT2D eigenvalue weighted by atomic mass is 9.84. The molecule has 1 heterocycles. The van der Waals surface area contributed by atoms with Crippen LogP contribution in [0, 0.1) is 0 Å². The van der Waals surface area contributed by atoms with Crippen molar-refractivity contribution in [2.24, 2.45) is 4.99 Å². The molecule has 0 saturated heterocycles. The molecule has 1 aliphatic heterocycles. The van der Waals surface area contributed by atoms with Gasteiger partial charge in [0, 0.05) is 11.6 Å². The van der Waals surface area contributed by atoms with Gasteiger partial charge in [0.1, 0.15) is 0 Å². The summed E-state index contributed by atoms with van der Waals surface area (Å²) in [4.78, 5) is 4.86. The Morgan fingerprint density at radius 3 is 1.84 bits per heavy atom. The number of aliphatic imine (C=N–C) groups is 1. The molecule has 2 aromatic rings. The van der Waals surface area contributed by atoms with Gasteiger partial charge < -0.3 is 0 Å². The molecule has 1 nitrogen and oxygen atoms in total. The predicted molar refractivity (Wildman–Crippen MR) is 80.9 cm³/mol. The Labute approximate surface area is 115 Å². The molecule has 2 aromatic carbocycles. The summed E-state index contributed by atoms with van der Waals surface area (Å²) in [7, 11) is 0. The summed E-state index contributed by atoms with van der Waals surface area (Å²) < 4.78 is 0. The first-order valence-corrected chi connectivity index (χ1v) is 6.98. The van der Waals surface area contributed by atoms with Crippen LogP contribution in [0.1, 0.15) is 36.8 Å². The maximum absolute atomic E-state index is 4.86. The molecule has 0 amide bonds. The fourth-order valence-corrected chi connectivity index (χ4v) is 2.97. The quantitative estimate of drug-likeness (QED) is 0.762. The van der Waals surface area contributed by atoms with Gasteiger partial charge in [-0.2, -0.15) is 0 Å². The summed E-state index contributed by atoms with van der Waals surface area (Å²) >= 11 is 0. The van der Waals surface area contributed by atoms with Crippen molar-refractivity contribution in [1.82, 2.24) is 0 Å². The largest absolute Gasteiger partial charge is 0.290 e. The van der Waals surface area contributed by atoms with Crippen LogP contribution in [-0.2, 0) is 0 Å². The SMILES string of the molecule is CC1=NC(C(c2ccccc2)c2ccccc2)CC1. The number of benzene rings is 2. The molecule has 19 heavy (non-hydrogen) atoms. The van der Waals surface area contributed by atoms with E-state index in [2.05, 4.69) is 67.6 Å². The zero-order valence-electron chi connectivity index (χ0n) is 11.3. The zero-order chi connectivity index (χ0) is 13.1. The van der Waals surface area contributed by atoms with Gasteiger partial charge in [-0.15, -0.1) is 0 Å². The number of hydrogen-bond acceptors (Lipinski definition) is 1. The molecule has 0 aromatic heterocycles. The van der Waals surface area contributed by atoms with Crippen molar-refractivity contribution in [1.29, 1.82) is 0 Å². The van der Waals surface area contributed by atoms with Crippen molar-refractivity contribution in [3.8, 4) is 0 Å². The first kappa shape index (κ1) is 12.2. The van der Waals surface area contributed by atoms with E-state index in [1.165, 1.54) is 23.3 Å². The normalized spacial score (nSPS) is 18.6. The molecular weight excluding hydrogens is 230 g/mol. The highest BCUT2D eigenvalue weighted by molar-refractivity contribution is 5.83. The number of hydrogen-bond donors (Lipinski definition) is 0. The minimum Gasteiger partial charge on any atom is -0.290 e. The van der Waals surface area contributed by atoms with E-state index >= 15 is 0 Å². The highest BCUT2D eigenvalue weighted by Crippen LogP contribution is 2.34. The molecule has 0 radical (unpaired) electrons. The molecule has 0 bridgehead atoms. The van der Waals surface area contributed by atoms with Gasteiger partial charge in [-0.3, -0.25) is 4.99 Å². The van der Waals surface area contributed by atoms with Gasteiger partial charge >= 0.3 is 0 Å². The molecule has 96 valence electrons. The van der Waals surface area contributed by atoms with Gasteiger partial charge in [-0.1, -0.05) is 60.7 Å². The number of rotatable bonds is 3. The summed E-state index contributed by atoms with van der Waals surface area (Å²) in [6.07, 6.45) is 2.31. The highest BCUT2D eigenvalue weighted by atomic mass is 14.8. The second-order valence-electron chi connectivity index (χ2n) is 5.27. The highest BCUT2D eigenvalue weighted by Gasteiger charge is 2.27. The van der Waals surface area contributed by atoms with Crippen molar-refractivity contribution in [3.63, 3.8) is 0 Å². The molecule has 1 unspecified atom stereocenters. The first-order valence-electron chi connectivity index (χ1n) is 6.98. The van der Waals surface area contributed by atoms with E-state index in [0.717, 1.165) is 6.42 Å². The fourth-order valence-electron chi connectivity index (χ4n) is 2.97. The minimum absolute atomic E-state index is 0.389. The van der Waals surface area contributed by atoms with Gasteiger partial charge in [-0.05, 0) is 30.9 Å². The van der Waals surface area contributed by atoms with Crippen LogP contribution in [0.3, 0.4) is 0 Å². The van der Waals surface area contributed by atoms with E-state index in [-0.39, 0.29) is 0 Å². The van der Waals surface area contributed by atoms with Crippen LogP contribution in [-0.4, -0.2) is 11.8 Å². The van der Waals surface area contributed by atoms with Crippen molar-refractivity contribution < 1.29 is 0 Å². The van der Waals surface area contributed by atoms with Gasteiger partial charge in [0.2, 0.25) is 0 Å². The number of nitrogens with zero attached hydrogens (tertiary/aromatic N) is 1. The summed E-state index contributed by atoms with van der Waals surface area (Å²) in [5.41, 5.74) is 4.04. The van der Waals surface area contributed by atoms with E-state index in [9.17, 15) is 0 Å². The smallest absolute Gasteiger partial charge is 0.0611 e. The van der Waals surface area contributed by atoms with E-state index in [0.29, 0.717) is 12.0 Å². The maximum Gasteiger partial charge on any atom is 0.0611 e. The average molecular weight is 249 g/mol. The lowest BCUT2D eigenvalue weighted by Crippen LogP contribution is -2.15. The third kappa shape index (κ3) is 2.60. The second kappa shape index (κ2) is 5.40. The van der Waals surface area contributed by atoms with Crippen molar-refractivity contribution in [2.45, 2.75) is 31.7 Å². The maximum atomic E-state index is 4.86. The molecule has 0 N–H and O–H groups in total. The van der Waals surface area contributed by atoms with Crippen LogP contribution >= 0.6 is 0 Å².